The first-order valence-electron chi connectivity index (χ1n) is 11.0. The lowest BCUT2D eigenvalue weighted by molar-refractivity contribution is 0.111. The zero-order valence-electron chi connectivity index (χ0n) is 17.7. The van der Waals surface area contributed by atoms with E-state index in [0.717, 1.165) is 36.2 Å². The van der Waals surface area contributed by atoms with Gasteiger partial charge in [-0.15, -0.1) is 0 Å². The third-order valence-electron chi connectivity index (χ3n) is 6.79. The van der Waals surface area contributed by atoms with Crippen LogP contribution in [0, 0.1) is 5.92 Å². The molecule has 6 heteroatoms. The van der Waals surface area contributed by atoms with E-state index in [1.165, 1.54) is 36.8 Å². The van der Waals surface area contributed by atoms with E-state index in [9.17, 15) is 0 Å². The fourth-order valence-electron chi connectivity index (χ4n) is 5.37. The van der Waals surface area contributed by atoms with Crippen LogP contribution in [-0.4, -0.2) is 34.8 Å². The first kappa shape index (κ1) is 18.9. The Hall–Kier alpha value is -2.08. The van der Waals surface area contributed by atoms with Crippen molar-refractivity contribution >= 4 is 0 Å². The van der Waals surface area contributed by atoms with E-state index in [0.29, 0.717) is 25.7 Å². The SMILES string of the molecule is CC(C)Cc1noc(CN2CC3(CCCC3)c3cc4c(cc3C2C)OCCO4)n1. The van der Waals surface area contributed by atoms with Crippen molar-refractivity contribution in [3.05, 3.63) is 35.0 Å². The Labute approximate surface area is 172 Å². The summed E-state index contributed by atoms with van der Waals surface area (Å²) >= 11 is 0. The monoisotopic (exact) mass is 397 g/mol. The van der Waals surface area contributed by atoms with Gasteiger partial charge in [0, 0.05) is 24.4 Å². The minimum Gasteiger partial charge on any atom is -0.486 e. The second kappa shape index (κ2) is 7.31. The van der Waals surface area contributed by atoms with Crippen molar-refractivity contribution < 1.29 is 14.0 Å². The molecule has 1 unspecified atom stereocenters. The predicted molar refractivity (Wildman–Crippen MR) is 109 cm³/mol. The highest BCUT2D eigenvalue weighted by Crippen LogP contribution is 2.52. The number of hydrogen-bond donors (Lipinski definition) is 0. The number of nitrogens with zero attached hydrogens (tertiary/aromatic N) is 3. The molecule has 3 heterocycles. The van der Waals surface area contributed by atoms with E-state index < -0.39 is 0 Å². The Morgan fingerprint density at radius 1 is 1.14 bits per heavy atom. The van der Waals surface area contributed by atoms with Crippen LogP contribution >= 0.6 is 0 Å². The fraction of sp³-hybridized carbons (Fsp3) is 0.652. The maximum atomic E-state index is 5.91. The maximum Gasteiger partial charge on any atom is 0.240 e. The molecule has 1 atom stereocenters. The van der Waals surface area contributed by atoms with Gasteiger partial charge in [0.2, 0.25) is 5.89 Å². The Morgan fingerprint density at radius 2 is 1.86 bits per heavy atom. The normalized spacial score (nSPS) is 23.0. The number of ether oxygens (including phenoxy) is 2. The maximum absolute atomic E-state index is 5.91. The van der Waals surface area contributed by atoms with E-state index in [4.69, 9.17) is 14.0 Å². The summed E-state index contributed by atoms with van der Waals surface area (Å²) in [5.41, 5.74) is 3.02. The van der Waals surface area contributed by atoms with Crippen molar-refractivity contribution in [1.29, 1.82) is 0 Å². The van der Waals surface area contributed by atoms with Crippen molar-refractivity contribution in [2.75, 3.05) is 19.8 Å². The third-order valence-corrected chi connectivity index (χ3v) is 6.79. The standard InChI is InChI=1S/C23H31N3O3/c1-15(2)10-21-24-22(29-25-21)13-26-14-23(6-4-5-7-23)18-12-20-19(27-8-9-28-20)11-17(18)16(26)3/h11-12,15-16H,4-10,13-14H2,1-3H3. The molecule has 3 aliphatic rings. The van der Waals surface area contributed by atoms with Crippen molar-refractivity contribution in [2.45, 2.75) is 70.9 Å². The Balaban J connectivity index is 1.47. The summed E-state index contributed by atoms with van der Waals surface area (Å²) in [5.74, 6) is 3.86. The molecule has 0 radical (unpaired) electrons. The summed E-state index contributed by atoms with van der Waals surface area (Å²) in [4.78, 5) is 7.17. The lowest BCUT2D eigenvalue weighted by Crippen LogP contribution is -2.45. The lowest BCUT2D eigenvalue weighted by atomic mass is 9.71. The summed E-state index contributed by atoms with van der Waals surface area (Å²) in [7, 11) is 0. The topological polar surface area (TPSA) is 60.6 Å². The van der Waals surface area contributed by atoms with E-state index >= 15 is 0 Å². The quantitative estimate of drug-likeness (QED) is 0.761. The molecular formula is C23H31N3O3. The van der Waals surface area contributed by atoms with Crippen LogP contribution in [0.2, 0.25) is 0 Å². The third kappa shape index (κ3) is 3.41. The molecule has 0 bridgehead atoms. The molecule has 1 aromatic heterocycles. The first-order chi connectivity index (χ1) is 14.0. The van der Waals surface area contributed by atoms with Gasteiger partial charge in [-0.3, -0.25) is 4.90 Å². The number of benzene rings is 1. The molecule has 5 rings (SSSR count). The van der Waals surface area contributed by atoms with Gasteiger partial charge in [0.15, 0.2) is 17.3 Å². The Morgan fingerprint density at radius 3 is 2.59 bits per heavy atom. The van der Waals surface area contributed by atoms with Crippen molar-refractivity contribution in [2.24, 2.45) is 5.92 Å². The van der Waals surface area contributed by atoms with Crippen LogP contribution in [0.1, 0.15) is 75.3 Å². The van der Waals surface area contributed by atoms with Gasteiger partial charge in [-0.2, -0.15) is 4.98 Å². The van der Waals surface area contributed by atoms with Gasteiger partial charge >= 0.3 is 0 Å². The van der Waals surface area contributed by atoms with Crippen LogP contribution < -0.4 is 9.47 Å². The largest absolute Gasteiger partial charge is 0.486 e. The van der Waals surface area contributed by atoms with Gasteiger partial charge in [0.1, 0.15) is 13.2 Å². The summed E-state index contributed by atoms with van der Waals surface area (Å²) in [6, 6.07) is 4.77. The number of hydrogen-bond acceptors (Lipinski definition) is 6. The van der Waals surface area contributed by atoms with Crippen molar-refractivity contribution in [1.82, 2.24) is 15.0 Å². The van der Waals surface area contributed by atoms with Crippen LogP contribution in [0.3, 0.4) is 0 Å². The molecule has 6 nitrogen and oxygen atoms in total. The molecule has 1 fully saturated rings. The Bertz CT molecular complexity index is 885. The highest BCUT2D eigenvalue weighted by Gasteiger charge is 2.45. The number of aromatic nitrogens is 2. The average Bonchev–Trinajstić information content (AvgIpc) is 3.35. The average molecular weight is 398 g/mol. The van der Waals surface area contributed by atoms with Crippen LogP contribution in [0.25, 0.3) is 0 Å². The van der Waals surface area contributed by atoms with Crippen LogP contribution in [0.15, 0.2) is 16.7 Å². The molecule has 156 valence electrons. The second-order valence-corrected chi connectivity index (χ2v) is 9.35. The highest BCUT2D eigenvalue weighted by molar-refractivity contribution is 5.53. The minimum absolute atomic E-state index is 0.193. The molecule has 1 saturated carbocycles. The van der Waals surface area contributed by atoms with E-state index in [1.807, 2.05) is 0 Å². The van der Waals surface area contributed by atoms with Gasteiger partial charge in [-0.1, -0.05) is 31.8 Å². The van der Waals surface area contributed by atoms with E-state index in [2.05, 4.69) is 47.9 Å². The molecule has 1 spiro atoms. The van der Waals surface area contributed by atoms with Crippen LogP contribution in [-0.2, 0) is 18.4 Å². The van der Waals surface area contributed by atoms with E-state index in [1.54, 1.807) is 0 Å². The molecule has 0 N–H and O–H groups in total. The first-order valence-corrected chi connectivity index (χ1v) is 11.0. The summed E-state index contributed by atoms with van der Waals surface area (Å²) in [6.07, 6.45) is 5.89. The minimum atomic E-state index is 0.193. The van der Waals surface area contributed by atoms with Gasteiger partial charge in [-0.05, 0) is 48.9 Å². The van der Waals surface area contributed by atoms with Gasteiger partial charge in [0.25, 0.3) is 0 Å². The smallest absolute Gasteiger partial charge is 0.240 e. The predicted octanol–water partition coefficient (Wildman–Crippen LogP) is 4.43. The molecule has 0 saturated heterocycles. The van der Waals surface area contributed by atoms with Gasteiger partial charge in [-0.25, -0.2) is 0 Å². The molecule has 0 amide bonds. The highest BCUT2D eigenvalue weighted by atomic mass is 16.6. The summed E-state index contributed by atoms with van der Waals surface area (Å²) in [6.45, 7) is 9.62. The zero-order valence-corrected chi connectivity index (χ0v) is 17.7. The molecule has 2 aliphatic heterocycles. The summed E-state index contributed by atoms with van der Waals surface area (Å²) < 4.78 is 17.4. The summed E-state index contributed by atoms with van der Waals surface area (Å²) in [5, 5.41) is 4.19. The molecule has 29 heavy (non-hydrogen) atoms. The molecule has 1 aromatic carbocycles. The number of rotatable bonds is 4. The number of fused-ring (bicyclic) bond motifs is 3. The Kier molecular flexibility index (Phi) is 4.77. The fourth-order valence-corrected chi connectivity index (χ4v) is 5.37. The van der Waals surface area contributed by atoms with Crippen molar-refractivity contribution in [3.8, 4) is 11.5 Å². The second-order valence-electron chi connectivity index (χ2n) is 9.35. The molecule has 1 aliphatic carbocycles. The van der Waals surface area contributed by atoms with Crippen LogP contribution in [0.4, 0.5) is 0 Å². The van der Waals surface area contributed by atoms with E-state index in [-0.39, 0.29) is 11.5 Å². The van der Waals surface area contributed by atoms with Gasteiger partial charge < -0.3 is 14.0 Å². The van der Waals surface area contributed by atoms with Crippen LogP contribution in [0.5, 0.6) is 11.5 Å². The lowest BCUT2D eigenvalue weighted by Gasteiger charge is -2.46. The van der Waals surface area contributed by atoms with Crippen molar-refractivity contribution in [3.63, 3.8) is 0 Å². The zero-order chi connectivity index (χ0) is 20.0. The van der Waals surface area contributed by atoms with Gasteiger partial charge in [0.05, 0.1) is 6.54 Å². The molecular weight excluding hydrogens is 366 g/mol. The molecule has 2 aromatic rings.